The van der Waals surface area contributed by atoms with Gasteiger partial charge in [-0.15, -0.1) is 0 Å². The Bertz CT molecular complexity index is 756. The van der Waals surface area contributed by atoms with Crippen LogP contribution in [0.4, 0.5) is 11.4 Å². The van der Waals surface area contributed by atoms with E-state index < -0.39 is 11.9 Å². The molecule has 0 saturated carbocycles. The molecule has 0 aliphatic rings. The number of carbonyl (C=O) groups excluding carboxylic acids is 3. The Morgan fingerprint density at radius 3 is 1.62 bits per heavy atom. The maximum Gasteiger partial charge on any atom is 0.308 e. The number of anilines is 2. The van der Waals surface area contributed by atoms with Gasteiger partial charge in [-0.2, -0.15) is 0 Å². The second-order valence-corrected chi connectivity index (χ2v) is 5.60. The molecule has 0 N–H and O–H groups in total. The van der Waals surface area contributed by atoms with Crippen LogP contribution in [0, 0.1) is 0 Å². The minimum Gasteiger partial charge on any atom is -0.424 e. The van der Waals surface area contributed by atoms with E-state index >= 15 is 0 Å². The third kappa shape index (κ3) is 4.69. The molecule has 0 aromatic heterocycles. The zero-order chi connectivity index (χ0) is 19.1. The maximum atomic E-state index is 12.9. The molecule has 0 spiro atoms. The predicted molar refractivity (Wildman–Crippen MR) is 97.6 cm³/mol. The van der Waals surface area contributed by atoms with Crippen molar-refractivity contribution in [3.8, 4) is 11.5 Å². The first-order chi connectivity index (χ1) is 12.4. The van der Waals surface area contributed by atoms with E-state index in [1.807, 2.05) is 6.92 Å². The van der Waals surface area contributed by atoms with Crippen LogP contribution in [0.3, 0.4) is 0 Å². The van der Waals surface area contributed by atoms with Crippen molar-refractivity contribution < 1.29 is 23.9 Å². The number of carbonyl (C=O) groups is 3. The number of ether oxygens (including phenoxy) is 2. The van der Waals surface area contributed by atoms with Crippen molar-refractivity contribution in [3.05, 3.63) is 48.5 Å². The fraction of sp³-hybridized carbons (Fsp3) is 0.250. The number of rotatable bonds is 6. The van der Waals surface area contributed by atoms with Gasteiger partial charge in [0.25, 0.3) is 0 Å². The largest absolute Gasteiger partial charge is 0.424 e. The van der Waals surface area contributed by atoms with Crippen LogP contribution >= 0.6 is 0 Å². The molecule has 0 saturated heterocycles. The van der Waals surface area contributed by atoms with Gasteiger partial charge in [-0.1, -0.05) is 31.2 Å². The third-order valence-corrected chi connectivity index (χ3v) is 3.43. The molecule has 0 aliphatic heterocycles. The SMILES string of the molecule is CCCC(=O)N(c1ccccc1OC(C)=O)c1ccccc1OC(C)=O. The normalized spacial score (nSPS) is 10.1. The number of para-hydroxylation sites is 4. The molecule has 0 unspecified atom stereocenters. The van der Waals surface area contributed by atoms with Crippen LogP contribution in [0.2, 0.25) is 0 Å². The first-order valence-electron chi connectivity index (χ1n) is 8.32. The van der Waals surface area contributed by atoms with E-state index in [9.17, 15) is 14.4 Å². The van der Waals surface area contributed by atoms with Crippen molar-refractivity contribution in [2.45, 2.75) is 33.6 Å². The third-order valence-electron chi connectivity index (χ3n) is 3.43. The summed E-state index contributed by atoms with van der Waals surface area (Å²) in [5.74, 6) is -0.682. The van der Waals surface area contributed by atoms with E-state index in [0.717, 1.165) is 0 Å². The highest BCUT2D eigenvalue weighted by Gasteiger charge is 2.24. The van der Waals surface area contributed by atoms with Crippen molar-refractivity contribution >= 4 is 29.2 Å². The molecule has 2 aromatic rings. The average Bonchev–Trinajstić information content (AvgIpc) is 2.57. The van der Waals surface area contributed by atoms with Crippen LogP contribution in [-0.2, 0) is 14.4 Å². The van der Waals surface area contributed by atoms with Crippen LogP contribution in [0.25, 0.3) is 0 Å². The van der Waals surface area contributed by atoms with Crippen molar-refractivity contribution in [2.75, 3.05) is 4.90 Å². The highest BCUT2D eigenvalue weighted by atomic mass is 16.5. The lowest BCUT2D eigenvalue weighted by Gasteiger charge is -2.26. The van der Waals surface area contributed by atoms with Gasteiger partial charge >= 0.3 is 11.9 Å². The van der Waals surface area contributed by atoms with Gasteiger partial charge in [0.15, 0.2) is 11.5 Å². The van der Waals surface area contributed by atoms with Crippen molar-refractivity contribution in [1.82, 2.24) is 0 Å². The minimum atomic E-state index is -0.492. The highest BCUT2D eigenvalue weighted by molar-refractivity contribution is 6.03. The monoisotopic (exact) mass is 355 g/mol. The Balaban J connectivity index is 2.62. The molecule has 136 valence electrons. The van der Waals surface area contributed by atoms with Gasteiger partial charge in [-0.05, 0) is 30.7 Å². The molecule has 0 fully saturated rings. The van der Waals surface area contributed by atoms with Crippen molar-refractivity contribution in [1.29, 1.82) is 0 Å². The van der Waals surface area contributed by atoms with Crippen LogP contribution in [0.5, 0.6) is 11.5 Å². The summed E-state index contributed by atoms with van der Waals surface area (Å²) < 4.78 is 10.5. The number of amides is 1. The van der Waals surface area contributed by atoms with E-state index in [4.69, 9.17) is 9.47 Å². The maximum absolute atomic E-state index is 12.9. The van der Waals surface area contributed by atoms with Gasteiger partial charge in [0, 0.05) is 20.3 Å². The summed E-state index contributed by atoms with van der Waals surface area (Å²) >= 11 is 0. The topological polar surface area (TPSA) is 72.9 Å². The molecule has 0 bridgehead atoms. The molecule has 0 aliphatic carbocycles. The van der Waals surface area contributed by atoms with Gasteiger partial charge in [-0.3, -0.25) is 19.3 Å². The Labute approximate surface area is 152 Å². The second-order valence-electron chi connectivity index (χ2n) is 5.60. The smallest absolute Gasteiger partial charge is 0.308 e. The fourth-order valence-corrected chi connectivity index (χ4v) is 2.49. The molecule has 6 nitrogen and oxygen atoms in total. The summed E-state index contributed by atoms with van der Waals surface area (Å²) in [5.41, 5.74) is 0.807. The van der Waals surface area contributed by atoms with Crippen LogP contribution in [0.15, 0.2) is 48.5 Å². The van der Waals surface area contributed by atoms with Gasteiger partial charge < -0.3 is 9.47 Å². The number of nitrogens with zero attached hydrogens (tertiary/aromatic N) is 1. The molecular weight excluding hydrogens is 334 g/mol. The van der Waals surface area contributed by atoms with Crippen molar-refractivity contribution in [2.24, 2.45) is 0 Å². The predicted octanol–water partition coefficient (Wildman–Crippen LogP) is 4.00. The molecule has 26 heavy (non-hydrogen) atoms. The number of esters is 2. The first-order valence-corrected chi connectivity index (χ1v) is 8.32. The summed E-state index contributed by atoms with van der Waals surface area (Å²) in [6, 6.07) is 13.5. The van der Waals surface area contributed by atoms with Gasteiger partial charge in [0.2, 0.25) is 5.91 Å². The molecule has 2 rings (SSSR count). The van der Waals surface area contributed by atoms with Gasteiger partial charge in [0.1, 0.15) is 0 Å². The van der Waals surface area contributed by atoms with Crippen molar-refractivity contribution in [3.63, 3.8) is 0 Å². The molecule has 1 amide bonds. The van der Waals surface area contributed by atoms with E-state index in [-0.39, 0.29) is 23.8 Å². The van der Waals surface area contributed by atoms with Crippen LogP contribution in [-0.4, -0.2) is 17.8 Å². The number of benzene rings is 2. The number of hydrogen-bond acceptors (Lipinski definition) is 5. The van der Waals surface area contributed by atoms with E-state index in [2.05, 4.69) is 0 Å². The molecule has 0 atom stereocenters. The molecule has 0 radical (unpaired) electrons. The lowest BCUT2D eigenvalue weighted by atomic mass is 10.1. The fourth-order valence-electron chi connectivity index (χ4n) is 2.49. The zero-order valence-electron chi connectivity index (χ0n) is 15.0. The Hall–Kier alpha value is -3.15. The molecule has 0 heterocycles. The summed E-state index contributed by atoms with van der Waals surface area (Å²) in [7, 11) is 0. The van der Waals surface area contributed by atoms with Crippen LogP contribution < -0.4 is 14.4 Å². The summed E-state index contributed by atoms with van der Waals surface area (Å²) in [6.45, 7) is 4.48. The average molecular weight is 355 g/mol. The molecule has 6 heteroatoms. The summed E-state index contributed by atoms with van der Waals surface area (Å²) in [5, 5.41) is 0. The summed E-state index contributed by atoms with van der Waals surface area (Å²) in [6.07, 6.45) is 0.920. The lowest BCUT2D eigenvalue weighted by Crippen LogP contribution is -2.27. The van der Waals surface area contributed by atoms with Crippen LogP contribution in [0.1, 0.15) is 33.6 Å². The Kier molecular flexibility index (Phi) is 6.49. The summed E-state index contributed by atoms with van der Waals surface area (Å²) in [4.78, 5) is 37.2. The standard InChI is InChI=1S/C20H21NO5/c1-4-9-20(24)21(16-10-5-7-12-18(16)25-14(2)22)17-11-6-8-13-19(17)26-15(3)23/h5-8,10-13H,4,9H2,1-3H3. The molecule has 2 aromatic carbocycles. The highest BCUT2D eigenvalue weighted by Crippen LogP contribution is 2.39. The zero-order valence-corrected chi connectivity index (χ0v) is 15.0. The lowest BCUT2D eigenvalue weighted by molar-refractivity contribution is -0.132. The number of hydrogen-bond donors (Lipinski definition) is 0. The Morgan fingerprint density at radius 2 is 1.23 bits per heavy atom. The Morgan fingerprint density at radius 1 is 0.808 bits per heavy atom. The van der Waals surface area contributed by atoms with Gasteiger partial charge in [-0.25, -0.2) is 0 Å². The quantitative estimate of drug-likeness (QED) is 0.578. The molecular formula is C20H21NO5. The van der Waals surface area contributed by atoms with Gasteiger partial charge in [0.05, 0.1) is 11.4 Å². The minimum absolute atomic E-state index is 0.202. The second kappa shape index (κ2) is 8.80. The first kappa shape index (κ1) is 19.2. The van der Waals surface area contributed by atoms with E-state index in [1.54, 1.807) is 48.5 Å². The van der Waals surface area contributed by atoms with E-state index in [1.165, 1.54) is 18.7 Å². The van der Waals surface area contributed by atoms with E-state index in [0.29, 0.717) is 17.8 Å².